The van der Waals surface area contributed by atoms with Crippen molar-refractivity contribution in [2.75, 3.05) is 7.11 Å². The molecule has 18 heavy (non-hydrogen) atoms. The van der Waals surface area contributed by atoms with E-state index in [1.807, 2.05) is 6.07 Å². The lowest BCUT2D eigenvalue weighted by Crippen LogP contribution is -2.43. The number of carbonyl (C=O) groups excluding carboxylic acids is 1. The SMILES string of the molecule is CONC(=O)N[C@H]1CCC[C@@H]1Cc1ccccc1. The van der Waals surface area contributed by atoms with Crippen molar-refractivity contribution >= 4 is 6.03 Å². The molecule has 4 nitrogen and oxygen atoms in total. The van der Waals surface area contributed by atoms with Crippen LogP contribution in [0.2, 0.25) is 0 Å². The molecule has 2 amide bonds. The highest BCUT2D eigenvalue weighted by Crippen LogP contribution is 2.28. The molecule has 0 radical (unpaired) electrons. The minimum absolute atomic E-state index is 0.248. The third kappa shape index (κ3) is 3.47. The quantitative estimate of drug-likeness (QED) is 0.803. The number of hydrogen-bond donors (Lipinski definition) is 2. The van der Waals surface area contributed by atoms with Gasteiger partial charge in [0, 0.05) is 6.04 Å². The van der Waals surface area contributed by atoms with Gasteiger partial charge in [-0.2, -0.15) is 0 Å². The summed E-state index contributed by atoms with van der Waals surface area (Å²) in [6, 6.07) is 10.4. The Hall–Kier alpha value is -1.55. The number of carbonyl (C=O) groups is 1. The first-order valence-electron chi connectivity index (χ1n) is 6.43. The summed E-state index contributed by atoms with van der Waals surface area (Å²) in [5, 5.41) is 2.98. The molecule has 1 saturated carbocycles. The fourth-order valence-electron chi connectivity index (χ4n) is 2.68. The fraction of sp³-hybridized carbons (Fsp3) is 0.500. The van der Waals surface area contributed by atoms with Crippen LogP contribution in [-0.4, -0.2) is 19.2 Å². The average molecular weight is 248 g/mol. The fourth-order valence-corrected chi connectivity index (χ4v) is 2.68. The summed E-state index contributed by atoms with van der Waals surface area (Å²) in [4.78, 5) is 16.1. The molecular formula is C14H20N2O2. The van der Waals surface area contributed by atoms with Crippen LogP contribution in [0.3, 0.4) is 0 Å². The van der Waals surface area contributed by atoms with Gasteiger partial charge in [0.15, 0.2) is 0 Å². The molecule has 0 aliphatic heterocycles. The van der Waals surface area contributed by atoms with Gasteiger partial charge >= 0.3 is 6.03 Å². The second-order valence-electron chi connectivity index (χ2n) is 4.77. The van der Waals surface area contributed by atoms with E-state index in [0.717, 1.165) is 12.8 Å². The van der Waals surface area contributed by atoms with Crippen LogP contribution in [0.25, 0.3) is 0 Å². The smallest absolute Gasteiger partial charge is 0.333 e. The van der Waals surface area contributed by atoms with E-state index in [2.05, 4.69) is 39.9 Å². The Morgan fingerprint density at radius 3 is 2.83 bits per heavy atom. The maximum atomic E-state index is 11.4. The van der Waals surface area contributed by atoms with E-state index in [4.69, 9.17) is 0 Å². The number of rotatable bonds is 4. The third-order valence-electron chi connectivity index (χ3n) is 3.51. The standard InChI is InChI=1S/C14H20N2O2/c1-18-16-14(17)15-13-9-5-8-12(13)10-11-6-3-2-4-7-11/h2-4,6-7,12-13H,5,8-10H2,1H3,(H2,15,16,17)/t12-,13+/m1/s1. The highest BCUT2D eigenvalue weighted by atomic mass is 16.6. The Morgan fingerprint density at radius 1 is 1.33 bits per heavy atom. The van der Waals surface area contributed by atoms with Crippen molar-refractivity contribution in [3.8, 4) is 0 Å². The van der Waals surface area contributed by atoms with Crippen molar-refractivity contribution in [2.45, 2.75) is 31.7 Å². The third-order valence-corrected chi connectivity index (χ3v) is 3.51. The zero-order chi connectivity index (χ0) is 12.8. The Labute approximate surface area is 108 Å². The first kappa shape index (κ1) is 12.9. The van der Waals surface area contributed by atoms with E-state index in [9.17, 15) is 4.79 Å². The molecule has 2 N–H and O–H groups in total. The normalized spacial score (nSPS) is 22.7. The van der Waals surface area contributed by atoms with Crippen molar-refractivity contribution in [1.82, 2.24) is 10.8 Å². The van der Waals surface area contributed by atoms with Gasteiger partial charge in [-0.15, -0.1) is 0 Å². The van der Waals surface area contributed by atoms with Gasteiger partial charge in [-0.1, -0.05) is 36.8 Å². The lowest BCUT2D eigenvalue weighted by molar-refractivity contribution is 0.105. The summed E-state index contributed by atoms with van der Waals surface area (Å²) < 4.78 is 0. The summed E-state index contributed by atoms with van der Waals surface area (Å²) in [5.74, 6) is 0.523. The van der Waals surface area contributed by atoms with Crippen LogP contribution in [-0.2, 0) is 11.3 Å². The second-order valence-corrected chi connectivity index (χ2v) is 4.77. The van der Waals surface area contributed by atoms with E-state index in [1.165, 1.54) is 25.5 Å². The number of urea groups is 1. The van der Waals surface area contributed by atoms with E-state index >= 15 is 0 Å². The van der Waals surface area contributed by atoms with Crippen molar-refractivity contribution in [3.05, 3.63) is 35.9 Å². The molecule has 0 heterocycles. The molecule has 0 aromatic heterocycles. The molecule has 0 spiro atoms. The van der Waals surface area contributed by atoms with Crippen molar-refractivity contribution in [3.63, 3.8) is 0 Å². The average Bonchev–Trinajstić information content (AvgIpc) is 2.78. The van der Waals surface area contributed by atoms with Gasteiger partial charge in [-0.05, 0) is 30.7 Å². The molecule has 1 aromatic carbocycles. The van der Waals surface area contributed by atoms with Gasteiger partial charge in [0.25, 0.3) is 0 Å². The zero-order valence-electron chi connectivity index (χ0n) is 10.7. The first-order chi connectivity index (χ1) is 8.79. The molecule has 2 atom stereocenters. The van der Waals surface area contributed by atoms with Crippen LogP contribution in [0.4, 0.5) is 4.79 Å². The molecule has 2 rings (SSSR count). The molecule has 1 aliphatic carbocycles. The molecular weight excluding hydrogens is 228 g/mol. The lowest BCUT2D eigenvalue weighted by atomic mass is 9.95. The summed E-state index contributed by atoms with van der Waals surface area (Å²) in [6.07, 6.45) is 4.43. The van der Waals surface area contributed by atoms with Gasteiger partial charge in [0.2, 0.25) is 0 Å². The van der Waals surface area contributed by atoms with E-state index in [-0.39, 0.29) is 12.1 Å². The van der Waals surface area contributed by atoms with Crippen LogP contribution in [0.5, 0.6) is 0 Å². The van der Waals surface area contributed by atoms with Gasteiger partial charge in [-0.3, -0.25) is 4.84 Å². The Morgan fingerprint density at radius 2 is 2.11 bits per heavy atom. The molecule has 4 heteroatoms. The second kappa shape index (κ2) is 6.40. The Bertz CT molecular complexity index is 381. The highest BCUT2D eigenvalue weighted by Gasteiger charge is 2.28. The van der Waals surface area contributed by atoms with Crippen molar-refractivity contribution < 1.29 is 9.63 Å². The highest BCUT2D eigenvalue weighted by molar-refractivity contribution is 5.73. The number of nitrogens with one attached hydrogen (secondary N) is 2. The van der Waals surface area contributed by atoms with Crippen LogP contribution >= 0.6 is 0 Å². The molecule has 0 saturated heterocycles. The molecule has 1 fully saturated rings. The van der Waals surface area contributed by atoms with E-state index in [1.54, 1.807) is 0 Å². The van der Waals surface area contributed by atoms with Gasteiger partial charge in [-0.25, -0.2) is 10.3 Å². The summed E-state index contributed by atoms with van der Waals surface area (Å²) in [7, 11) is 1.44. The summed E-state index contributed by atoms with van der Waals surface area (Å²) in [5.41, 5.74) is 3.64. The molecule has 0 bridgehead atoms. The molecule has 1 aromatic rings. The van der Waals surface area contributed by atoms with Crippen LogP contribution in [0, 0.1) is 5.92 Å². The minimum Gasteiger partial charge on any atom is -0.333 e. The van der Waals surface area contributed by atoms with E-state index in [0.29, 0.717) is 5.92 Å². The predicted molar refractivity (Wildman–Crippen MR) is 70.0 cm³/mol. The maximum Gasteiger partial charge on any atom is 0.338 e. The zero-order valence-corrected chi connectivity index (χ0v) is 10.7. The summed E-state index contributed by atoms with van der Waals surface area (Å²) >= 11 is 0. The van der Waals surface area contributed by atoms with Crippen LogP contribution < -0.4 is 10.8 Å². The molecule has 98 valence electrons. The van der Waals surface area contributed by atoms with E-state index < -0.39 is 0 Å². The summed E-state index contributed by atoms with van der Waals surface area (Å²) in [6.45, 7) is 0. The molecule has 1 aliphatic rings. The maximum absolute atomic E-state index is 11.4. The van der Waals surface area contributed by atoms with Gasteiger partial charge in [0.05, 0.1) is 7.11 Å². The number of benzene rings is 1. The monoisotopic (exact) mass is 248 g/mol. The first-order valence-corrected chi connectivity index (χ1v) is 6.43. The number of hydroxylamine groups is 1. The largest absolute Gasteiger partial charge is 0.338 e. The Kier molecular flexibility index (Phi) is 4.59. The predicted octanol–water partition coefficient (Wildman–Crippen LogP) is 2.26. The lowest BCUT2D eigenvalue weighted by Gasteiger charge is -2.21. The van der Waals surface area contributed by atoms with Gasteiger partial charge < -0.3 is 5.32 Å². The Balaban J connectivity index is 1.89. The van der Waals surface area contributed by atoms with Crippen molar-refractivity contribution in [2.24, 2.45) is 5.92 Å². The topological polar surface area (TPSA) is 50.4 Å². The van der Waals surface area contributed by atoms with Crippen LogP contribution in [0.1, 0.15) is 24.8 Å². The molecule has 0 unspecified atom stereocenters. The van der Waals surface area contributed by atoms with Gasteiger partial charge in [0.1, 0.15) is 0 Å². The van der Waals surface area contributed by atoms with Crippen LogP contribution in [0.15, 0.2) is 30.3 Å². The number of amides is 2. The minimum atomic E-state index is -0.248. The van der Waals surface area contributed by atoms with Crippen molar-refractivity contribution in [1.29, 1.82) is 0 Å². The number of hydrogen-bond acceptors (Lipinski definition) is 2.